The van der Waals surface area contributed by atoms with Gasteiger partial charge in [-0.05, 0) is 40.0 Å². The van der Waals surface area contributed by atoms with Crippen molar-refractivity contribution in [2.45, 2.75) is 12.8 Å². The maximum absolute atomic E-state index is 13.0. The van der Waals surface area contributed by atoms with Crippen molar-refractivity contribution in [3.63, 3.8) is 0 Å². The third kappa shape index (κ3) is 5.20. The predicted molar refractivity (Wildman–Crippen MR) is 67.4 cm³/mol. The van der Waals surface area contributed by atoms with Crippen molar-refractivity contribution >= 4 is 21.8 Å². The number of rotatable bonds is 6. The summed E-state index contributed by atoms with van der Waals surface area (Å²) in [6, 6.07) is 4.36. The van der Waals surface area contributed by atoms with Crippen molar-refractivity contribution < 1.29 is 23.1 Å². The van der Waals surface area contributed by atoms with E-state index in [2.05, 4.69) is 15.9 Å². The van der Waals surface area contributed by atoms with Gasteiger partial charge in [-0.15, -0.1) is 0 Å². The molecule has 3 nitrogen and oxygen atoms in total. The zero-order valence-corrected chi connectivity index (χ0v) is 11.5. The van der Waals surface area contributed by atoms with Crippen LogP contribution in [0.15, 0.2) is 22.7 Å². The molecule has 1 unspecified atom stereocenters. The second kappa shape index (κ2) is 7.49. The molecule has 106 valence electrons. The number of carbonyl (C=O) groups excluding carboxylic acids is 1. The Morgan fingerprint density at radius 1 is 1.42 bits per heavy atom. The van der Waals surface area contributed by atoms with Gasteiger partial charge in [-0.1, -0.05) is 6.07 Å². The molecule has 1 rings (SSSR count). The van der Waals surface area contributed by atoms with E-state index in [9.17, 15) is 18.0 Å². The monoisotopic (exact) mass is 339 g/mol. The first-order valence-electron chi connectivity index (χ1n) is 5.54. The van der Waals surface area contributed by atoms with Crippen LogP contribution < -0.4 is 5.32 Å². The van der Waals surface area contributed by atoms with Crippen LogP contribution in [-0.2, 0) is 11.2 Å². The Balaban J connectivity index is 2.56. The first-order chi connectivity index (χ1) is 8.93. The average Bonchev–Trinajstić information content (AvgIpc) is 2.38. The van der Waals surface area contributed by atoms with Crippen LogP contribution in [0.5, 0.6) is 0 Å². The Kier molecular flexibility index (Phi) is 6.30. The molecule has 0 saturated heterocycles. The summed E-state index contributed by atoms with van der Waals surface area (Å²) in [5, 5.41) is 11.2. The molecular weight excluding hydrogens is 327 g/mol. The molecule has 0 saturated carbocycles. The van der Waals surface area contributed by atoms with Crippen LogP contribution in [-0.4, -0.2) is 30.6 Å². The zero-order valence-electron chi connectivity index (χ0n) is 9.88. The van der Waals surface area contributed by atoms with Gasteiger partial charge in [-0.3, -0.25) is 4.79 Å². The van der Waals surface area contributed by atoms with E-state index >= 15 is 0 Å². The lowest BCUT2D eigenvalue weighted by atomic mass is 10.00. The molecule has 1 aromatic carbocycles. The van der Waals surface area contributed by atoms with E-state index in [0.29, 0.717) is 10.9 Å². The smallest absolute Gasteiger partial charge is 0.315 e. The SMILES string of the molecule is O=C(NCC(CO)Cc1ccc(F)c(Br)c1)C(F)F. The zero-order chi connectivity index (χ0) is 14.4. The first-order valence-corrected chi connectivity index (χ1v) is 6.34. The highest BCUT2D eigenvalue weighted by atomic mass is 79.9. The van der Waals surface area contributed by atoms with Crippen LogP contribution in [0.2, 0.25) is 0 Å². The summed E-state index contributed by atoms with van der Waals surface area (Å²) < 4.78 is 37.3. The molecule has 0 aliphatic carbocycles. The molecule has 0 spiro atoms. The quantitative estimate of drug-likeness (QED) is 0.834. The minimum Gasteiger partial charge on any atom is -0.396 e. The van der Waals surface area contributed by atoms with Crippen molar-refractivity contribution in [1.29, 1.82) is 0 Å². The largest absolute Gasteiger partial charge is 0.396 e. The topological polar surface area (TPSA) is 49.3 Å². The summed E-state index contributed by atoms with van der Waals surface area (Å²) in [7, 11) is 0. The summed E-state index contributed by atoms with van der Waals surface area (Å²) >= 11 is 3.03. The fourth-order valence-electron chi connectivity index (χ4n) is 1.52. The van der Waals surface area contributed by atoms with Crippen LogP contribution in [0.3, 0.4) is 0 Å². The Morgan fingerprint density at radius 2 is 2.11 bits per heavy atom. The average molecular weight is 340 g/mol. The maximum atomic E-state index is 13.0. The molecule has 1 atom stereocenters. The third-order valence-electron chi connectivity index (χ3n) is 2.53. The van der Waals surface area contributed by atoms with Gasteiger partial charge in [0.15, 0.2) is 0 Å². The van der Waals surface area contributed by atoms with Crippen molar-refractivity contribution in [1.82, 2.24) is 5.32 Å². The summed E-state index contributed by atoms with van der Waals surface area (Å²) in [5.74, 6) is -2.17. The lowest BCUT2D eigenvalue weighted by Crippen LogP contribution is -2.35. The van der Waals surface area contributed by atoms with Gasteiger partial charge in [0.1, 0.15) is 5.82 Å². The molecule has 2 N–H and O–H groups in total. The summed E-state index contributed by atoms with van der Waals surface area (Å²) in [5.41, 5.74) is 0.735. The van der Waals surface area contributed by atoms with Gasteiger partial charge >= 0.3 is 6.43 Å². The highest BCUT2D eigenvalue weighted by molar-refractivity contribution is 9.10. The number of hydrogen-bond acceptors (Lipinski definition) is 2. The summed E-state index contributed by atoms with van der Waals surface area (Å²) in [6.07, 6.45) is -2.72. The number of benzene rings is 1. The van der Waals surface area contributed by atoms with E-state index in [0.717, 1.165) is 5.56 Å². The highest BCUT2D eigenvalue weighted by Crippen LogP contribution is 2.18. The van der Waals surface area contributed by atoms with Crippen LogP contribution in [0.1, 0.15) is 5.56 Å². The van der Waals surface area contributed by atoms with Gasteiger partial charge in [-0.2, -0.15) is 8.78 Å². The lowest BCUT2D eigenvalue weighted by Gasteiger charge is -2.15. The molecule has 0 aliphatic heterocycles. The predicted octanol–water partition coefficient (Wildman–Crippen LogP) is 2.12. The van der Waals surface area contributed by atoms with Gasteiger partial charge in [0.2, 0.25) is 0 Å². The van der Waals surface area contributed by atoms with Gasteiger partial charge in [0.05, 0.1) is 4.47 Å². The van der Waals surface area contributed by atoms with Crippen molar-refractivity contribution in [2.75, 3.05) is 13.2 Å². The van der Waals surface area contributed by atoms with Gasteiger partial charge in [-0.25, -0.2) is 4.39 Å². The first kappa shape index (κ1) is 16.0. The molecule has 0 fully saturated rings. The maximum Gasteiger partial charge on any atom is 0.315 e. The minimum atomic E-state index is -3.07. The van der Waals surface area contributed by atoms with E-state index in [-0.39, 0.29) is 13.2 Å². The number of halogens is 4. The minimum absolute atomic E-state index is 0.0608. The molecule has 0 heterocycles. The number of alkyl halides is 2. The second-order valence-electron chi connectivity index (χ2n) is 4.05. The Bertz CT molecular complexity index is 443. The standard InChI is InChI=1S/C12H13BrF3NO2/c13-9-4-7(1-2-10(9)14)3-8(6-18)5-17-12(19)11(15)16/h1-2,4,8,11,18H,3,5-6H2,(H,17,19). The molecular formula is C12H13BrF3NO2. The molecule has 0 aliphatic rings. The number of amides is 1. The van der Waals surface area contributed by atoms with E-state index in [1.165, 1.54) is 12.1 Å². The van der Waals surface area contributed by atoms with Crippen LogP contribution in [0.25, 0.3) is 0 Å². The molecule has 0 aromatic heterocycles. The number of hydrogen-bond donors (Lipinski definition) is 2. The van der Waals surface area contributed by atoms with Crippen molar-refractivity contribution in [2.24, 2.45) is 5.92 Å². The number of carbonyl (C=O) groups is 1. The van der Waals surface area contributed by atoms with E-state index < -0.39 is 24.1 Å². The molecule has 1 aromatic rings. The van der Waals surface area contributed by atoms with Gasteiger partial charge < -0.3 is 10.4 Å². The molecule has 19 heavy (non-hydrogen) atoms. The third-order valence-corrected chi connectivity index (χ3v) is 3.14. The van der Waals surface area contributed by atoms with Gasteiger partial charge in [0, 0.05) is 19.1 Å². The summed E-state index contributed by atoms with van der Waals surface area (Å²) in [6.45, 7) is -0.326. The molecule has 0 radical (unpaired) electrons. The molecule has 7 heteroatoms. The Hall–Kier alpha value is -1.08. The van der Waals surface area contributed by atoms with E-state index in [4.69, 9.17) is 5.11 Å². The fraction of sp³-hybridized carbons (Fsp3) is 0.417. The van der Waals surface area contributed by atoms with Crippen molar-refractivity contribution in [3.8, 4) is 0 Å². The van der Waals surface area contributed by atoms with Crippen LogP contribution >= 0.6 is 15.9 Å². The molecule has 0 bridgehead atoms. The second-order valence-corrected chi connectivity index (χ2v) is 4.90. The van der Waals surface area contributed by atoms with Crippen LogP contribution in [0.4, 0.5) is 13.2 Å². The number of nitrogens with one attached hydrogen (secondary N) is 1. The number of aliphatic hydroxyl groups excluding tert-OH is 1. The fourth-order valence-corrected chi connectivity index (χ4v) is 1.95. The Labute approximate surface area is 116 Å². The van der Waals surface area contributed by atoms with E-state index in [1.807, 2.05) is 5.32 Å². The van der Waals surface area contributed by atoms with Crippen LogP contribution in [0, 0.1) is 11.7 Å². The van der Waals surface area contributed by atoms with E-state index in [1.54, 1.807) is 6.07 Å². The molecule has 1 amide bonds. The normalized spacial score (nSPS) is 12.5. The Morgan fingerprint density at radius 3 is 2.63 bits per heavy atom. The lowest BCUT2D eigenvalue weighted by molar-refractivity contribution is -0.131. The number of aliphatic hydroxyl groups is 1. The highest BCUT2D eigenvalue weighted by Gasteiger charge is 2.17. The van der Waals surface area contributed by atoms with Crippen molar-refractivity contribution in [3.05, 3.63) is 34.1 Å². The van der Waals surface area contributed by atoms with Gasteiger partial charge in [0.25, 0.3) is 5.91 Å². The summed E-state index contributed by atoms with van der Waals surface area (Å²) in [4.78, 5) is 10.7.